The standard InChI is InChI=1S/C30H40ClN3O5/c1-32-23-13-12-21(17-23)28(35)34-16-5-8-22(19-34)30(38,14-6-15-33-29(36)37)25-10-4-11-26(31)27(25)20-7-3-9-24(18-20)39-2/h3-4,7,9-11,18,21-23,32-33,38H,5-6,8,12-17,19H2,1-2H3,(H,36,37)/t21-,22-,23+,30+/m1/s1. The van der Waals surface area contributed by atoms with Gasteiger partial charge in [-0.2, -0.15) is 0 Å². The molecule has 2 aromatic carbocycles. The van der Waals surface area contributed by atoms with Gasteiger partial charge in [-0.15, -0.1) is 0 Å². The van der Waals surface area contributed by atoms with E-state index in [1.54, 1.807) is 13.2 Å². The van der Waals surface area contributed by atoms with E-state index < -0.39 is 11.7 Å². The molecule has 2 amide bonds. The monoisotopic (exact) mass is 557 g/mol. The van der Waals surface area contributed by atoms with Gasteiger partial charge >= 0.3 is 6.09 Å². The fourth-order valence-electron chi connectivity index (χ4n) is 6.36. The Morgan fingerprint density at radius 2 is 1.97 bits per heavy atom. The highest BCUT2D eigenvalue weighted by molar-refractivity contribution is 6.33. The number of nitrogens with zero attached hydrogens (tertiary/aromatic N) is 1. The molecular weight excluding hydrogens is 518 g/mol. The van der Waals surface area contributed by atoms with Crippen LogP contribution < -0.4 is 15.4 Å². The number of carbonyl (C=O) groups is 2. The number of benzene rings is 2. The van der Waals surface area contributed by atoms with Crippen LogP contribution in [0.4, 0.5) is 4.79 Å². The van der Waals surface area contributed by atoms with E-state index in [2.05, 4.69) is 10.6 Å². The molecule has 0 radical (unpaired) electrons. The highest BCUT2D eigenvalue weighted by Gasteiger charge is 2.44. The van der Waals surface area contributed by atoms with Crippen LogP contribution in [0.15, 0.2) is 42.5 Å². The molecule has 39 heavy (non-hydrogen) atoms. The highest BCUT2D eigenvalue weighted by Crippen LogP contribution is 2.46. The number of halogens is 1. The molecule has 0 aromatic heterocycles. The van der Waals surface area contributed by atoms with Gasteiger partial charge in [0.1, 0.15) is 5.75 Å². The van der Waals surface area contributed by atoms with Gasteiger partial charge in [-0.25, -0.2) is 4.79 Å². The first-order valence-electron chi connectivity index (χ1n) is 13.9. The van der Waals surface area contributed by atoms with Crippen LogP contribution >= 0.6 is 11.6 Å². The summed E-state index contributed by atoms with van der Waals surface area (Å²) >= 11 is 6.79. The van der Waals surface area contributed by atoms with E-state index in [9.17, 15) is 14.7 Å². The molecule has 2 aliphatic rings. The number of hydrogen-bond acceptors (Lipinski definition) is 5. The van der Waals surface area contributed by atoms with Crippen molar-refractivity contribution in [1.29, 1.82) is 0 Å². The first-order chi connectivity index (χ1) is 18.8. The van der Waals surface area contributed by atoms with Crippen molar-refractivity contribution in [3.63, 3.8) is 0 Å². The van der Waals surface area contributed by atoms with E-state index in [4.69, 9.17) is 21.4 Å². The quantitative estimate of drug-likeness (QED) is 0.310. The summed E-state index contributed by atoms with van der Waals surface area (Å²) in [6.07, 6.45) is 3.93. The molecule has 9 heteroatoms. The minimum Gasteiger partial charge on any atom is -0.497 e. The minimum atomic E-state index is -1.33. The topological polar surface area (TPSA) is 111 Å². The molecule has 1 heterocycles. The van der Waals surface area contributed by atoms with E-state index >= 15 is 0 Å². The summed E-state index contributed by atoms with van der Waals surface area (Å²) in [6, 6.07) is 13.5. The highest BCUT2D eigenvalue weighted by atomic mass is 35.5. The van der Waals surface area contributed by atoms with Gasteiger partial charge in [-0.1, -0.05) is 35.9 Å². The lowest BCUT2D eigenvalue weighted by molar-refractivity contribution is -0.140. The first-order valence-corrected chi connectivity index (χ1v) is 14.2. The van der Waals surface area contributed by atoms with Crippen LogP contribution in [0.2, 0.25) is 5.02 Å². The first kappa shape index (κ1) is 29.2. The maximum atomic E-state index is 13.5. The third-order valence-electron chi connectivity index (χ3n) is 8.45. The lowest BCUT2D eigenvalue weighted by Crippen LogP contribution is -2.49. The number of nitrogens with one attached hydrogen (secondary N) is 2. The molecule has 1 aliphatic carbocycles. The molecular formula is C30H40ClN3O5. The van der Waals surface area contributed by atoms with Gasteiger partial charge in [0.05, 0.1) is 12.7 Å². The van der Waals surface area contributed by atoms with Gasteiger partial charge in [0, 0.05) is 48.1 Å². The second-order valence-electron chi connectivity index (χ2n) is 10.8. The zero-order valence-corrected chi connectivity index (χ0v) is 23.5. The van der Waals surface area contributed by atoms with Crippen LogP contribution in [0, 0.1) is 11.8 Å². The van der Waals surface area contributed by atoms with Crippen LogP contribution in [0.3, 0.4) is 0 Å². The minimum absolute atomic E-state index is 0.00701. The van der Waals surface area contributed by atoms with E-state index in [1.165, 1.54) is 0 Å². The van der Waals surface area contributed by atoms with Crippen LogP contribution in [0.5, 0.6) is 5.75 Å². The molecule has 2 aromatic rings. The van der Waals surface area contributed by atoms with E-state index in [-0.39, 0.29) is 24.3 Å². The Kier molecular flexibility index (Phi) is 9.75. The van der Waals surface area contributed by atoms with E-state index in [0.717, 1.165) is 43.2 Å². The number of piperidine rings is 1. The molecule has 212 valence electrons. The molecule has 0 bridgehead atoms. The summed E-state index contributed by atoms with van der Waals surface area (Å²) in [5, 5.41) is 27.9. The number of amides is 2. The predicted molar refractivity (Wildman–Crippen MR) is 152 cm³/mol. The summed E-state index contributed by atoms with van der Waals surface area (Å²) in [7, 11) is 3.55. The van der Waals surface area contributed by atoms with Crippen LogP contribution in [-0.2, 0) is 10.4 Å². The third-order valence-corrected chi connectivity index (χ3v) is 8.76. The second-order valence-corrected chi connectivity index (χ2v) is 11.2. The number of ether oxygens (including phenoxy) is 1. The summed E-state index contributed by atoms with van der Waals surface area (Å²) in [5.41, 5.74) is 0.910. The van der Waals surface area contributed by atoms with Gasteiger partial charge in [0.15, 0.2) is 0 Å². The average molecular weight is 558 g/mol. The van der Waals surface area contributed by atoms with E-state index in [1.807, 2.05) is 48.3 Å². The third kappa shape index (κ3) is 6.68. The maximum absolute atomic E-state index is 13.5. The Hall–Kier alpha value is -2.81. The van der Waals surface area contributed by atoms with Crippen molar-refractivity contribution in [3.05, 3.63) is 53.1 Å². The molecule has 1 saturated heterocycles. The van der Waals surface area contributed by atoms with Crippen molar-refractivity contribution < 1.29 is 24.5 Å². The van der Waals surface area contributed by atoms with Crippen molar-refractivity contribution in [3.8, 4) is 16.9 Å². The van der Waals surface area contributed by atoms with Gasteiger partial charge in [0.2, 0.25) is 5.91 Å². The second kappa shape index (κ2) is 13.0. The van der Waals surface area contributed by atoms with Gasteiger partial charge in [-0.05, 0) is 81.3 Å². The average Bonchev–Trinajstić information content (AvgIpc) is 3.44. The van der Waals surface area contributed by atoms with Crippen molar-refractivity contribution in [1.82, 2.24) is 15.5 Å². The van der Waals surface area contributed by atoms with Gasteiger partial charge in [-0.3, -0.25) is 4.79 Å². The molecule has 4 atom stereocenters. The Morgan fingerprint density at radius 3 is 2.69 bits per heavy atom. The van der Waals surface area contributed by atoms with Gasteiger partial charge < -0.3 is 30.5 Å². The zero-order chi connectivity index (χ0) is 28.0. The number of methoxy groups -OCH3 is 1. The predicted octanol–water partition coefficient (Wildman–Crippen LogP) is 4.88. The lowest BCUT2D eigenvalue weighted by Gasteiger charge is -2.44. The Balaban J connectivity index is 1.68. The van der Waals surface area contributed by atoms with Crippen LogP contribution in [0.1, 0.15) is 50.5 Å². The summed E-state index contributed by atoms with van der Waals surface area (Å²) in [5.74, 6) is 0.627. The molecule has 1 saturated carbocycles. The Morgan fingerprint density at radius 1 is 1.18 bits per heavy atom. The number of likely N-dealkylation sites (tertiary alicyclic amines) is 1. The number of carboxylic acid groups (broad SMARTS) is 1. The molecule has 0 unspecified atom stereocenters. The summed E-state index contributed by atoms with van der Waals surface area (Å²) < 4.78 is 5.45. The fraction of sp³-hybridized carbons (Fsp3) is 0.533. The maximum Gasteiger partial charge on any atom is 0.404 e. The SMILES string of the molecule is CN[C@H]1CC[C@@H](C(=O)N2CCC[C@@H]([C@@](O)(CCCNC(=O)O)c3cccc(Cl)c3-c3cccc(OC)c3)C2)C1. The van der Waals surface area contributed by atoms with Crippen molar-refractivity contribution in [2.45, 2.75) is 56.6 Å². The smallest absolute Gasteiger partial charge is 0.404 e. The zero-order valence-electron chi connectivity index (χ0n) is 22.8. The summed E-state index contributed by atoms with van der Waals surface area (Å²) in [6.45, 7) is 1.35. The number of carbonyl (C=O) groups excluding carboxylic acids is 1. The Bertz CT molecular complexity index is 1160. The molecule has 4 rings (SSSR count). The molecule has 1 aliphatic heterocycles. The van der Waals surface area contributed by atoms with Crippen molar-refractivity contribution in [2.24, 2.45) is 11.8 Å². The van der Waals surface area contributed by atoms with E-state index in [0.29, 0.717) is 48.3 Å². The Labute approximate surface area is 235 Å². The number of aliphatic hydroxyl groups is 1. The largest absolute Gasteiger partial charge is 0.497 e. The number of hydrogen-bond donors (Lipinski definition) is 4. The van der Waals surface area contributed by atoms with Crippen LogP contribution in [-0.4, -0.2) is 66.9 Å². The normalized spacial score (nSPS) is 22.8. The van der Waals surface area contributed by atoms with Crippen molar-refractivity contribution in [2.75, 3.05) is 33.8 Å². The molecule has 2 fully saturated rings. The molecule has 8 nitrogen and oxygen atoms in total. The fourth-order valence-corrected chi connectivity index (χ4v) is 6.65. The number of rotatable bonds is 10. The van der Waals surface area contributed by atoms with Crippen LogP contribution in [0.25, 0.3) is 11.1 Å². The lowest BCUT2D eigenvalue weighted by atomic mass is 9.72. The molecule has 0 spiro atoms. The van der Waals surface area contributed by atoms with Gasteiger partial charge in [0.25, 0.3) is 0 Å². The molecule has 4 N–H and O–H groups in total. The summed E-state index contributed by atoms with van der Waals surface area (Å²) in [4.78, 5) is 26.5. The van der Waals surface area contributed by atoms with Crippen molar-refractivity contribution >= 4 is 23.6 Å².